The Balaban J connectivity index is 3.04. The number of halogens is 1. The molecule has 100 valence electrons. The molecule has 1 rings (SSSR count). The second-order valence-corrected chi connectivity index (χ2v) is 5.61. The average Bonchev–Trinajstić information content (AvgIpc) is 2.29. The first-order valence-corrected chi connectivity index (χ1v) is 6.91. The number of nitrogens with two attached hydrogens (primary N) is 1. The number of sulfonamides is 1. The fourth-order valence-electron chi connectivity index (χ4n) is 1.49. The van der Waals surface area contributed by atoms with E-state index in [-0.39, 0.29) is 30.2 Å². The molecule has 0 unspecified atom stereocenters. The van der Waals surface area contributed by atoms with Gasteiger partial charge >= 0.3 is 0 Å². The smallest absolute Gasteiger partial charge is 0.245 e. The number of hydrogen-bond donors (Lipinski definition) is 2. The van der Waals surface area contributed by atoms with Crippen molar-refractivity contribution in [1.82, 2.24) is 4.31 Å². The molecule has 0 aliphatic carbocycles. The second kappa shape index (κ2) is 5.92. The SMILES string of the molecule is CCN(CCC(=N)N)S(=O)(=O)c1ccccc1F. The Bertz CT molecular complexity index is 531. The summed E-state index contributed by atoms with van der Waals surface area (Å²) < 4.78 is 39.0. The minimum atomic E-state index is -3.87. The lowest BCUT2D eigenvalue weighted by atomic mass is 10.3. The van der Waals surface area contributed by atoms with Gasteiger partial charge < -0.3 is 5.73 Å². The van der Waals surface area contributed by atoms with E-state index in [0.717, 1.165) is 10.4 Å². The van der Waals surface area contributed by atoms with Crippen molar-refractivity contribution < 1.29 is 12.8 Å². The molecule has 0 amide bonds. The molecule has 0 saturated heterocycles. The summed E-state index contributed by atoms with van der Waals surface area (Å²) in [5, 5.41) is 7.10. The van der Waals surface area contributed by atoms with Gasteiger partial charge in [0, 0.05) is 19.5 Å². The highest BCUT2D eigenvalue weighted by molar-refractivity contribution is 7.89. The molecule has 0 radical (unpaired) electrons. The van der Waals surface area contributed by atoms with Crippen molar-refractivity contribution in [3.8, 4) is 0 Å². The zero-order chi connectivity index (χ0) is 13.8. The molecule has 3 N–H and O–H groups in total. The van der Waals surface area contributed by atoms with E-state index in [1.807, 2.05) is 0 Å². The van der Waals surface area contributed by atoms with E-state index in [0.29, 0.717) is 0 Å². The first kappa shape index (κ1) is 14.6. The first-order chi connectivity index (χ1) is 8.39. The Labute approximate surface area is 106 Å². The summed E-state index contributed by atoms with van der Waals surface area (Å²) >= 11 is 0. The molecule has 0 aromatic heterocycles. The van der Waals surface area contributed by atoms with E-state index in [9.17, 15) is 12.8 Å². The molecule has 5 nitrogen and oxygen atoms in total. The quantitative estimate of drug-likeness (QED) is 0.602. The first-order valence-electron chi connectivity index (χ1n) is 5.47. The summed E-state index contributed by atoms with van der Waals surface area (Å²) in [6.45, 7) is 1.92. The van der Waals surface area contributed by atoms with Crippen LogP contribution in [0.1, 0.15) is 13.3 Å². The van der Waals surface area contributed by atoms with Gasteiger partial charge in [0.25, 0.3) is 0 Å². The van der Waals surface area contributed by atoms with Crippen LogP contribution >= 0.6 is 0 Å². The lowest BCUT2D eigenvalue weighted by Gasteiger charge is -2.20. The maximum Gasteiger partial charge on any atom is 0.245 e. The van der Waals surface area contributed by atoms with Gasteiger partial charge in [-0.15, -0.1) is 0 Å². The summed E-state index contributed by atoms with van der Waals surface area (Å²) in [6, 6.07) is 5.22. The maximum absolute atomic E-state index is 13.5. The van der Waals surface area contributed by atoms with Crippen molar-refractivity contribution >= 4 is 15.9 Å². The largest absolute Gasteiger partial charge is 0.388 e. The van der Waals surface area contributed by atoms with Crippen LogP contribution in [0.2, 0.25) is 0 Å². The van der Waals surface area contributed by atoms with E-state index in [1.54, 1.807) is 6.92 Å². The molecule has 1 aromatic carbocycles. The molecule has 0 atom stereocenters. The molecule has 0 saturated carbocycles. The highest BCUT2D eigenvalue weighted by Crippen LogP contribution is 2.18. The van der Waals surface area contributed by atoms with Crippen molar-refractivity contribution in [3.63, 3.8) is 0 Å². The van der Waals surface area contributed by atoms with Crippen LogP contribution in [0.5, 0.6) is 0 Å². The summed E-state index contributed by atoms with van der Waals surface area (Å²) in [5.74, 6) is -0.879. The van der Waals surface area contributed by atoms with Gasteiger partial charge in [0.15, 0.2) is 0 Å². The molecular weight excluding hydrogens is 257 g/mol. The van der Waals surface area contributed by atoms with Crippen molar-refractivity contribution in [1.29, 1.82) is 5.41 Å². The third-order valence-electron chi connectivity index (χ3n) is 2.44. The van der Waals surface area contributed by atoms with E-state index in [2.05, 4.69) is 0 Å². The number of nitrogens with one attached hydrogen (secondary N) is 1. The van der Waals surface area contributed by atoms with Gasteiger partial charge in [-0.1, -0.05) is 19.1 Å². The van der Waals surface area contributed by atoms with E-state index >= 15 is 0 Å². The topological polar surface area (TPSA) is 87.2 Å². The summed E-state index contributed by atoms with van der Waals surface area (Å²) in [7, 11) is -3.87. The molecule has 0 spiro atoms. The van der Waals surface area contributed by atoms with Crippen molar-refractivity contribution in [2.24, 2.45) is 5.73 Å². The number of benzene rings is 1. The summed E-state index contributed by atoms with van der Waals surface area (Å²) in [6.07, 6.45) is 0.127. The molecule has 0 aliphatic rings. The molecule has 18 heavy (non-hydrogen) atoms. The second-order valence-electron chi connectivity index (χ2n) is 3.70. The predicted octanol–water partition coefficient (Wildman–Crippen LogP) is 1.16. The fraction of sp³-hybridized carbons (Fsp3) is 0.364. The number of rotatable bonds is 6. The van der Waals surface area contributed by atoms with Gasteiger partial charge in [-0.25, -0.2) is 12.8 Å². The van der Waals surface area contributed by atoms with Crippen LogP contribution in [0, 0.1) is 11.2 Å². The van der Waals surface area contributed by atoms with Gasteiger partial charge in [0.05, 0.1) is 5.84 Å². The van der Waals surface area contributed by atoms with Gasteiger partial charge in [-0.05, 0) is 12.1 Å². The lowest BCUT2D eigenvalue weighted by Crippen LogP contribution is -2.34. The molecule has 0 bridgehead atoms. The molecule has 1 aromatic rings. The minimum absolute atomic E-state index is 0.0719. The zero-order valence-electron chi connectivity index (χ0n) is 10.1. The van der Waals surface area contributed by atoms with Crippen molar-refractivity contribution in [2.45, 2.75) is 18.2 Å². The van der Waals surface area contributed by atoms with Crippen molar-refractivity contribution in [2.75, 3.05) is 13.1 Å². The van der Waals surface area contributed by atoms with Crippen molar-refractivity contribution in [3.05, 3.63) is 30.1 Å². The molecule has 0 heterocycles. The molecule has 0 aliphatic heterocycles. The monoisotopic (exact) mass is 273 g/mol. The number of amidine groups is 1. The summed E-state index contributed by atoms with van der Waals surface area (Å²) in [5.41, 5.74) is 5.20. The van der Waals surface area contributed by atoms with Gasteiger partial charge in [-0.2, -0.15) is 4.31 Å². The van der Waals surface area contributed by atoms with E-state index in [4.69, 9.17) is 11.1 Å². The average molecular weight is 273 g/mol. The zero-order valence-corrected chi connectivity index (χ0v) is 10.9. The minimum Gasteiger partial charge on any atom is -0.388 e. The Morgan fingerprint density at radius 2 is 2.06 bits per heavy atom. The van der Waals surface area contributed by atoms with Gasteiger partial charge in [0.1, 0.15) is 10.7 Å². The van der Waals surface area contributed by atoms with Gasteiger partial charge in [0.2, 0.25) is 10.0 Å². The Morgan fingerprint density at radius 1 is 1.44 bits per heavy atom. The van der Waals surface area contributed by atoms with E-state index in [1.165, 1.54) is 18.2 Å². The fourth-order valence-corrected chi connectivity index (χ4v) is 3.00. The van der Waals surface area contributed by atoms with Gasteiger partial charge in [-0.3, -0.25) is 5.41 Å². The third kappa shape index (κ3) is 3.27. The van der Waals surface area contributed by atoms with Crippen LogP contribution in [-0.4, -0.2) is 31.6 Å². The van der Waals surface area contributed by atoms with Crippen LogP contribution in [0.15, 0.2) is 29.2 Å². The normalized spacial score (nSPS) is 11.7. The van der Waals surface area contributed by atoms with Crippen LogP contribution in [0.25, 0.3) is 0 Å². The molecule has 7 heteroatoms. The highest BCUT2D eigenvalue weighted by Gasteiger charge is 2.25. The summed E-state index contributed by atoms with van der Waals surface area (Å²) in [4.78, 5) is -0.351. The van der Waals surface area contributed by atoms with Crippen LogP contribution < -0.4 is 5.73 Å². The van der Waals surface area contributed by atoms with Crippen LogP contribution in [0.4, 0.5) is 4.39 Å². The maximum atomic E-state index is 13.5. The standard InChI is InChI=1S/C11H16FN3O2S/c1-2-15(8-7-11(13)14)18(16,17)10-6-4-3-5-9(10)12/h3-6H,2,7-8H2,1H3,(H3,13,14). The highest BCUT2D eigenvalue weighted by atomic mass is 32.2. The predicted molar refractivity (Wildman–Crippen MR) is 67.4 cm³/mol. The number of hydrogen-bond acceptors (Lipinski definition) is 3. The third-order valence-corrected chi connectivity index (χ3v) is 4.45. The molecule has 0 fully saturated rings. The Kier molecular flexibility index (Phi) is 4.80. The van der Waals surface area contributed by atoms with Crippen LogP contribution in [-0.2, 0) is 10.0 Å². The molecular formula is C11H16FN3O2S. The Morgan fingerprint density at radius 3 is 2.56 bits per heavy atom. The lowest BCUT2D eigenvalue weighted by molar-refractivity contribution is 0.432. The Hall–Kier alpha value is -1.47. The van der Waals surface area contributed by atoms with E-state index < -0.39 is 15.8 Å². The van der Waals surface area contributed by atoms with Crippen LogP contribution in [0.3, 0.4) is 0 Å². The number of nitrogens with zero attached hydrogens (tertiary/aromatic N) is 1.